The Kier molecular flexibility index (Phi) is 9.63. The predicted molar refractivity (Wildman–Crippen MR) is 167 cm³/mol. The molecule has 2 aromatic carbocycles. The number of nitriles is 1. The van der Waals surface area contributed by atoms with Crippen LogP contribution in [0.1, 0.15) is 65.2 Å². The van der Waals surface area contributed by atoms with E-state index in [9.17, 15) is 20.0 Å². The molecule has 1 aliphatic heterocycles. The number of carbonyl (C=O) groups excluding carboxylic acids is 2. The number of rotatable bonds is 11. The molecule has 9 heteroatoms. The number of hydrogen-bond donors (Lipinski definition) is 4. The third-order valence-corrected chi connectivity index (χ3v) is 7.77. The zero-order valence-electron chi connectivity index (χ0n) is 25.2. The third-order valence-electron chi connectivity index (χ3n) is 7.77. The number of carbonyl (C=O) groups is 2. The topological polar surface area (TPSA) is 124 Å². The highest BCUT2D eigenvalue weighted by Gasteiger charge is 2.28. The predicted octanol–water partition coefficient (Wildman–Crippen LogP) is 4.41. The summed E-state index contributed by atoms with van der Waals surface area (Å²) in [6.07, 6.45) is 1.31. The van der Waals surface area contributed by atoms with E-state index in [2.05, 4.69) is 47.4 Å². The SMILES string of the molecule is CCN(CC)CC(O)CNC(C)c1c(C)[nH]c(/C=C2\C(=O)Nc3ccc(C(=O)N(C)C)cc32)c1-c1ccc(C#N)cc1. The number of fused-ring (bicyclic) bond motifs is 1. The molecule has 220 valence electrons. The molecule has 42 heavy (non-hydrogen) atoms. The molecule has 4 N–H and O–H groups in total. The normalized spacial score (nSPS) is 14.9. The van der Waals surface area contributed by atoms with E-state index in [1.807, 2.05) is 25.1 Å². The number of H-pyrrole nitrogens is 1. The quantitative estimate of drug-likeness (QED) is 0.254. The zero-order valence-corrected chi connectivity index (χ0v) is 25.2. The van der Waals surface area contributed by atoms with Gasteiger partial charge in [-0.05, 0) is 74.5 Å². The van der Waals surface area contributed by atoms with E-state index >= 15 is 0 Å². The largest absolute Gasteiger partial charge is 0.390 e. The van der Waals surface area contributed by atoms with E-state index in [1.54, 1.807) is 44.4 Å². The van der Waals surface area contributed by atoms with Crippen molar-refractivity contribution in [2.45, 2.75) is 39.8 Å². The molecule has 0 saturated carbocycles. The van der Waals surface area contributed by atoms with Gasteiger partial charge in [0, 0.05) is 67.0 Å². The van der Waals surface area contributed by atoms with Crippen LogP contribution < -0.4 is 10.6 Å². The molecule has 4 rings (SSSR count). The van der Waals surface area contributed by atoms with Gasteiger partial charge in [-0.3, -0.25) is 9.59 Å². The van der Waals surface area contributed by atoms with Gasteiger partial charge < -0.3 is 30.5 Å². The minimum absolute atomic E-state index is 0.126. The molecule has 9 nitrogen and oxygen atoms in total. The Labute approximate surface area is 247 Å². The number of aromatic amines is 1. The van der Waals surface area contributed by atoms with Crippen LogP contribution >= 0.6 is 0 Å². The van der Waals surface area contributed by atoms with Crippen molar-refractivity contribution in [2.75, 3.05) is 45.6 Å². The van der Waals surface area contributed by atoms with Crippen LogP contribution in [0.3, 0.4) is 0 Å². The van der Waals surface area contributed by atoms with Gasteiger partial charge in [0.2, 0.25) is 0 Å². The fourth-order valence-corrected chi connectivity index (χ4v) is 5.46. The number of nitrogens with zero attached hydrogens (tertiary/aromatic N) is 3. The first-order chi connectivity index (χ1) is 20.1. The smallest absolute Gasteiger partial charge is 0.256 e. The van der Waals surface area contributed by atoms with Crippen LogP contribution in [0.25, 0.3) is 22.8 Å². The minimum atomic E-state index is -0.524. The van der Waals surface area contributed by atoms with E-state index in [4.69, 9.17) is 0 Å². The van der Waals surface area contributed by atoms with Gasteiger partial charge in [-0.25, -0.2) is 0 Å². The van der Waals surface area contributed by atoms with Gasteiger partial charge in [0.1, 0.15) is 0 Å². The van der Waals surface area contributed by atoms with Gasteiger partial charge in [0.05, 0.1) is 23.3 Å². The lowest BCUT2D eigenvalue weighted by molar-refractivity contribution is -0.110. The summed E-state index contributed by atoms with van der Waals surface area (Å²) in [5.41, 5.74) is 7.31. The summed E-state index contributed by atoms with van der Waals surface area (Å²) in [5, 5.41) is 26.4. The molecular formula is C33H40N6O3. The van der Waals surface area contributed by atoms with Crippen molar-refractivity contribution in [1.82, 2.24) is 20.1 Å². The van der Waals surface area contributed by atoms with E-state index in [-0.39, 0.29) is 17.9 Å². The molecule has 0 bridgehead atoms. The Morgan fingerprint density at radius 3 is 2.45 bits per heavy atom. The molecule has 1 aliphatic rings. The first-order valence-electron chi connectivity index (χ1n) is 14.3. The highest BCUT2D eigenvalue weighted by molar-refractivity contribution is 6.35. The fourth-order valence-electron chi connectivity index (χ4n) is 5.46. The van der Waals surface area contributed by atoms with Crippen molar-refractivity contribution in [3.63, 3.8) is 0 Å². The molecule has 0 radical (unpaired) electrons. The van der Waals surface area contributed by atoms with Gasteiger partial charge in [-0.2, -0.15) is 5.26 Å². The maximum absolute atomic E-state index is 13.2. The first kappa shape index (κ1) is 30.7. The number of nitrogens with one attached hydrogen (secondary N) is 3. The third kappa shape index (κ3) is 6.47. The molecular weight excluding hydrogens is 528 g/mol. The Morgan fingerprint density at radius 1 is 1.14 bits per heavy atom. The Morgan fingerprint density at radius 2 is 1.83 bits per heavy atom. The van der Waals surface area contributed by atoms with Crippen LogP contribution in [0.15, 0.2) is 42.5 Å². The molecule has 2 amide bonds. The van der Waals surface area contributed by atoms with Crippen LogP contribution in [0.4, 0.5) is 5.69 Å². The second kappa shape index (κ2) is 13.2. The molecule has 0 aliphatic carbocycles. The molecule has 3 aromatic rings. The molecule has 2 unspecified atom stereocenters. The van der Waals surface area contributed by atoms with Gasteiger partial charge in [-0.1, -0.05) is 26.0 Å². The van der Waals surface area contributed by atoms with Crippen LogP contribution in [-0.4, -0.2) is 78.1 Å². The Balaban J connectivity index is 1.76. The second-order valence-corrected chi connectivity index (χ2v) is 10.9. The summed E-state index contributed by atoms with van der Waals surface area (Å²) in [5.74, 6) is -0.388. The molecule has 1 aromatic heterocycles. The monoisotopic (exact) mass is 568 g/mol. The first-order valence-corrected chi connectivity index (χ1v) is 14.3. The summed E-state index contributed by atoms with van der Waals surface area (Å²) in [6, 6.07) is 14.6. The number of hydrogen-bond acceptors (Lipinski definition) is 6. The number of likely N-dealkylation sites (N-methyl/N-ethyl adjacent to an activating group) is 1. The van der Waals surface area contributed by atoms with Crippen molar-refractivity contribution in [1.29, 1.82) is 5.26 Å². The summed E-state index contributed by atoms with van der Waals surface area (Å²) in [4.78, 5) is 33.0. The summed E-state index contributed by atoms with van der Waals surface area (Å²) < 4.78 is 0. The molecule has 0 spiro atoms. The number of aromatic nitrogens is 1. The highest BCUT2D eigenvalue weighted by atomic mass is 16.3. The second-order valence-electron chi connectivity index (χ2n) is 10.9. The standard InChI is InChI=1S/C33H40N6O3/c1-7-39(8-2)19-25(40)18-35-20(3)30-21(4)36-29(31(30)23-11-9-22(17-34)10-12-23)16-27-26-15-24(33(42)38(5)6)13-14-28(26)37-32(27)41/h9-16,20,25,35-36,40H,7-8,18-19H2,1-6H3,(H,37,41)/b27-16-. The maximum atomic E-state index is 13.2. The summed E-state index contributed by atoms with van der Waals surface area (Å²) in [6.45, 7) is 11.0. The molecule has 0 saturated heterocycles. The van der Waals surface area contributed by atoms with Crippen molar-refractivity contribution >= 4 is 29.2 Å². The van der Waals surface area contributed by atoms with Crippen molar-refractivity contribution in [2.24, 2.45) is 0 Å². The zero-order chi connectivity index (χ0) is 30.6. The van der Waals surface area contributed by atoms with Gasteiger partial charge >= 0.3 is 0 Å². The maximum Gasteiger partial charge on any atom is 0.256 e. The number of amides is 2. The van der Waals surface area contributed by atoms with E-state index in [1.165, 1.54) is 4.90 Å². The molecule has 0 fully saturated rings. The minimum Gasteiger partial charge on any atom is -0.390 e. The van der Waals surface area contributed by atoms with Gasteiger partial charge in [0.15, 0.2) is 0 Å². The van der Waals surface area contributed by atoms with Gasteiger partial charge in [-0.15, -0.1) is 0 Å². The van der Waals surface area contributed by atoms with E-state index in [0.717, 1.165) is 41.2 Å². The molecule has 2 atom stereocenters. The molecule has 2 heterocycles. The average Bonchev–Trinajstić information content (AvgIpc) is 3.48. The number of aryl methyl sites for hydroxylation is 1. The van der Waals surface area contributed by atoms with Crippen LogP contribution in [-0.2, 0) is 4.79 Å². The van der Waals surface area contributed by atoms with Crippen LogP contribution in [0, 0.1) is 18.3 Å². The van der Waals surface area contributed by atoms with Crippen LogP contribution in [0.5, 0.6) is 0 Å². The summed E-state index contributed by atoms with van der Waals surface area (Å²) >= 11 is 0. The van der Waals surface area contributed by atoms with E-state index < -0.39 is 6.10 Å². The Hall–Kier alpha value is -4.23. The fraction of sp³-hybridized carbons (Fsp3) is 0.364. The van der Waals surface area contributed by atoms with Crippen molar-refractivity contribution in [3.8, 4) is 17.2 Å². The lowest BCUT2D eigenvalue weighted by Crippen LogP contribution is -2.39. The number of aliphatic hydroxyl groups is 1. The van der Waals surface area contributed by atoms with Gasteiger partial charge in [0.25, 0.3) is 11.8 Å². The Bertz CT molecular complexity index is 1530. The summed E-state index contributed by atoms with van der Waals surface area (Å²) in [7, 11) is 3.39. The number of anilines is 1. The average molecular weight is 569 g/mol. The number of aliphatic hydroxyl groups excluding tert-OH is 1. The lowest BCUT2D eigenvalue weighted by Gasteiger charge is -2.24. The number of benzene rings is 2. The van der Waals surface area contributed by atoms with Crippen LogP contribution in [0.2, 0.25) is 0 Å². The van der Waals surface area contributed by atoms with Crippen molar-refractivity contribution in [3.05, 3.63) is 76.1 Å². The van der Waals surface area contributed by atoms with E-state index in [0.29, 0.717) is 41.0 Å². The lowest BCUT2D eigenvalue weighted by atomic mass is 9.94. The van der Waals surface area contributed by atoms with Crippen molar-refractivity contribution < 1.29 is 14.7 Å². The highest BCUT2D eigenvalue weighted by Crippen LogP contribution is 2.39.